The molecule has 2 aromatic rings. The zero-order valence-electron chi connectivity index (χ0n) is 15.1. The first kappa shape index (κ1) is 18.9. The van der Waals surface area contributed by atoms with Crippen LogP contribution in [0.25, 0.3) is 11.4 Å². The number of hydrogen-bond acceptors (Lipinski definition) is 7. The van der Waals surface area contributed by atoms with Crippen molar-refractivity contribution in [2.45, 2.75) is 39.3 Å². The highest BCUT2D eigenvalue weighted by Crippen LogP contribution is 2.19. The number of likely N-dealkylation sites (N-methyl/N-ethyl adjacent to an activating group) is 1. The van der Waals surface area contributed by atoms with Crippen molar-refractivity contribution in [3.05, 3.63) is 24.8 Å². The Hall–Kier alpha value is -2.48. The number of ether oxygens (including phenoxy) is 1. The van der Waals surface area contributed by atoms with Crippen molar-refractivity contribution < 1.29 is 14.6 Å². The Morgan fingerprint density at radius 2 is 2.00 bits per heavy atom. The molecule has 0 aliphatic carbocycles. The summed E-state index contributed by atoms with van der Waals surface area (Å²) in [6.45, 7) is 6.40. The van der Waals surface area contributed by atoms with Gasteiger partial charge in [0.15, 0.2) is 0 Å². The van der Waals surface area contributed by atoms with Crippen LogP contribution >= 0.6 is 0 Å². The fraction of sp³-hybridized carbons (Fsp3) is 0.529. The van der Waals surface area contributed by atoms with Crippen molar-refractivity contribution in [3.63, 3.8) is 0 Å². The highest BCUT2D eigenvalue weighted by atomic mass is 16.5. The first-order valence-corrected chi connectivity index (χ1v) is 8.23. The van der Waals surface area contributed by atoms with E-state index in [9.17, 15) is 9.90 Å². The third kappa shape index (κ3) is 5.53. The van der Waals surface area contributed by atoms with Gasteiger partial charge in [0.05, 0.1) is 17.8 Å². The number of aliphatic hydroxyl groups is 1. The van der Waals surface area contributed by atoms with Gasteiger partial charge in [-0.25, -0.2) is 15.0 Å². The van der Waals surface area contributed by atoms with Crippen LogP contribution in [0.3, 0.4) is 0 Å². The number of anilines is 1. The summed E-state index contributed by atoms with van der Waals surface area (Å²) in [6, 6.07) is 0. The number of aryl methyl sites for hydroxylation is 1. The molecule has 0 aromatic carbocycles. The Balaban J connectivity index is 2.08. The third-order valence-corrected chi connectivity index (χ3v) is 3.59. The molecule has 0 saturated carbocycles. The van der Waals surface area contributed by atoms with Crippen LogP contribution in [0.5, 0.6) is 0 Å². The molecule has 0 radical (unpaired) electrons. The summed E-state index contributed by atoms with van der Waals surface area (Å²) in [5.41, 5.74) is 0.0339. The van der Waals surface area contributed by atoms with Crippen LogP contribution in [0.15, 0.2) is 24.8 Å². The van der Waals surface area contributed by atoms with Crippen molar-refractivity contribution >= 4 is 11.9 Å². The molecular weight excluding hydrogens is 322 g/mol. The molecule has 0 saturated heterocycles. The lowest BCUT2D eigenvalue weighted by atomic mass is 10.1. The van der Waals surface area contributed by atoms with Gasteiger partial charge in [-0.05, 0) is 27.2 Å². The smallest absolute Gasteiger partial charge is 0.325 e. The van der Waals surface area contributed by atoms with Crippen molar-refractivity contribution in [1.82, 2.24) is 19.5 Å². The molecule has 0 aliphatic rings. The number of rotatable bonds is 8. The summed E-state index contributed by atoms with van der Waals surface area (Å²) in [5, 5.41) is 9.88. The Morgan fingerprint density at radius 1 is 1.32 bits per heavy atom. The van der Waals surface area contributed by atoms with Crippen molar-refractivity contribution in [3.8, 4) is 11.4 Å². The van der Waals surface area contributed by atoms with Gasteiger partial charge in [-0.15, -0.1) is 0 Å². The van der Waals surface area contributed by atoms with Crippen LogP contribution in [-0.2, 0) is 16.1 Å². The molecule has 0 aliphatic heterocycles. The van der Waals surface area contributed by atoms with Crippen LogP contribution in [-0.4, -0.2) is 56.4 Å². The Bertz CT molecular complexity index is 691. The van der Waals surface area contributed by atoms with Crippen LogP contribution in [0, 0.1) is 0 Å². The maximum absolute atomic E-state index is 11.5. The molecule has 2 heterocycles. The molecule has 2 rings (SSSR count). The van der Waals surface area contributed by atoms with E-state index in [4.69, 9.17) is 4.74 Å². The first-order valence-electron chi connectivity index (χ1n) is 8.23. The van der Waals surface area contributed by atoms with Gasteiger partial charge in [0.2, 0.25) is 5.95 Å². The van der Waals surface area contributed by atoms with E-state index in [1.54, 1.807) is 51.3 Å². The van der Waals surface area contributed by atoms with E-state index in [0.29, 0.717) is 25.5 Å². The molecule has 0 unspecified atom stereocenters. The Morgan fingerprint density at radius 3 is 2.60 bits per heavy atom. The number of hydrogen-bond donors (Lipinski definition) is 1. The van der Waals surface area contributed by atoms with E-state index < -0.39 is 5.60 Å². The average Bonchev–Trinajstić information content (AvgIpc) is 3.01. The van der Waals surface area contributed by atoms with E-state index in [-0.39, 0.29) is 12.5 Å². The quantitative estimate of drug-likeness (QED) is 0.723. The minimum Gasteiger partial charge on any atom is -0.465 e. The zero-order valence-corrected chi connectivity index (χ0v) is 15.1. The lowest BCUT2D eigenvalue weighted by molar-refractivity contribution is -0.141. The number of imidazole rings is 1. The molecule has 8 heteroatoms. The third-order valence-electron chi connectivity index (χ3n) is 3.59. The second-order valence-electron chi connectivity index (χ2n) is 6.44. The molecule has 0 bridgehead atoms. The summed E-state index contributed by atoms with van der Waals surface area (Å²) in [6.07, 6.45) is 7.53. The lowest BCUT2D eigenvalue weighted by Crippen LogP contribution is -2.28. The minimum atomic E-state index is -0.738. The van der Waals surface area contributed by atoms with Crippen LogP contribution in [0.1, 0.15) is 27.2 Å². The summed E-state index contributed by atoms with van der Waals surface area (Å²) in [4.78, 5) is 26.1. The highest BCUT2D eigenvalue weighted by Gasteiger charge is 2.15. The van der Waals surface area contributed by atoms with E-state index in [1.165, 1.54) is 0 Å². The van der Waals surface area contributed by atoms with Gasteiger partial charge in [0.1, 0.15) is 12.4 Å². The maximum Gasteiger partial charge on any atom is 0.325 e. The van der Waals surface area contributed by atoms with Gasteiger partial charge in [-0.2, -0.15) is 0 Å². The molecule has 25 heavy (non-hydrogen) atoms. The lowest BCUT2D eigenvalue weighted by Gasteiger charge is -2.18. The normalized spacial score (nSPS) is 11.4. The van der Waals surface area contributed by atoms with Gasteiger partial charge >= 0.3 is 5.97 Å². The molecule has 0 spiro atoms. The van der Waals surface area contributed by atoms with Crippen molar-refractivity contribution in [2.24, 2.45) is 0 Å². The van der Waals surface area contributed by atoms with E-state index in [1.807, 2.05) is 10.8 Å². The minimum absolute atomic E-state index is 0.0907. The van der Waals surface area contributed by atoms with Gasteiger partial charge < -0.3 is 19.3 Å². The first-order chi connectivity index (χ1) is 11.8. The molecular formula is C17H25N5O3. The summed E-state index contributed by atoms with van der Waals surface area (Å²) < 4.78 is 6.87. The standard InChI is InChI=1S/C17H25N5O3/c1-5-25-14(23)12-21(4)16-19-10-13(11-20-16)15-18-7-9-22(15)8-6-17(2,3)24/h7,9-11,24H,5-6,8,12H2,1-4H3. The summed E-state index contributed by atoms with van der Waals surface area (Å²) in [5.74, 6) is 0.857. The van der Waals surface area contributed by atoms with Crippen LogP contribution in [0.4, 0.5) is 5.95 Å². The van der Waals surface area contributed by atoms with Crippen LogP contribution < -0.4 is 4.90 Å². The number of nitrogens with zero attached hydrogens (tertiary/aromatic N) is 5. The van der Waals surface area contributed by atoms with Crippen molar-refractivity contribution in [2.75, 3.05) is 25.1 Å². The maximum atomic E-state index is 11.5. The average molecular weight is 347 g/mol. The fourth-order valence-electron chi connectivity index (χ4n) is 2.25. The SMILES string of the molecule is CCOC(=O)CN(C)c1ncc(-c2nccn2CCC(C)(C)O)cn1. The largest absolute Gasteiger partial charge is 0.465 e. The molecule has 0 fully saturated rings. The molecule has 136 valence electrons. The monoisotopic (exact) mass is 347 g/mol. The summed E-state index contributed by atoms with van der Waals surface area (Å²) >= 11 is 0. The van der Waals surface area contributed by atoms with Crippen molar-refractivity contribution in [1.29, 1.82) is 0 Å². The molecule has 8 nitrogen and oxygen atoms in total. The van der Waals surface area contributed by atoms with Gasteiger partial charge in [0, 0.05) is 38.4 Å². The molecule has 1 N–H and O–H groups in total. The fourth-order valence-corrected chi connectivity index (χ4v) is 2.25. The Kier molecular flexibility index (Phi) is 6.08. The van der Waals surface area contributed by atoms with E-state index in [2.05, 4.69) is 15.0 Å². The van der Waals surface area contributed by atoms with Gasteiger partial charge in [-0.3, -0.25) is 4.79 Å². The van der Waals surface area contributed by atoms with E-state index >= 15 is 0 Å². The summed E-state index contributed by atoms with van der Waals surface area (Å²) in [7, 11) is 1.73. The van der Waals surface area contributed by atoms with E-state index in [0.717, 1.165) is 11.4 Å². The second kappa shape index (κ2) is 8.06. The topological polar surface area (TPSA) is 93.4 Å². The predicted octanol–water partition coefficient (Wildman–Crippen LogP) is 1.50. The highest BCUT2D eigenvalue weighted by molar-refractivity contribution is 5.74. The molecule has 0 amide bonds. The number of carbonyl (C=O) groups excluding carboxylic acids is 1. The molecule has 2 aromatic heterocycles. The van der Waals surface area contributed by atoms with Crippen LogP contribution in [0.2, 0.25) is 0 Å². The second-order valence-corrected chi connectivity index (χ2v) is 6.44. The Labute approximate surface area is 147 Å². The van der Waals surface area contributed by atoms with Gasteiger partial charge in [0.25, 0.3) is 0 Å². The number of carbonyl (C=O) groups is 1. The zero-order chi connectivity index (χ0) is 18.4. The number of esters is 1. The van der Waals surface area contributed by atoms with Gasteiger partial charge in [-0.1, -0.05) is 0 Å². The predicted molar refractivity (Wildman–Crippen MR) is 94.1 cm³/mol. The molecule has 0 atom stereocenters. The number of aromatic nitrogens is 4.